The largest absolute Gasteiger partial charge is 0.380 e. The van der Waals surface area contributed by atoms with Gasteiger partial charge in [-0.2, -0.15) is 0 Å². The van der Waals surface area contributed by atoms with E-state index in [1.54, 1.807) is 0 Å². The summed E-state index contributed by atoms with van der Waals surface area (Å²) in [5.74, 6) is 0. The molecule has 1 aromatic rings. The number of alkyl halides is 1. The summed E-state index contributed by atoms with van der Waals surface area (Å²) in [6.45, 7) is 0.831. The minimum absolute atomic E-state index is 0.415. The Kier molecular flexibility index (Phi) is 2.41. The molecule has 0 atom stereocenters. The Hall–Kier alpha value is -0.380. The monoisotopic (exact) mass is 242 g/mol. The van der Waals surface area contributed by atoms with Crippen LogP contribution in [0.25, 0.3) is 0 Å². The molecular weight excluding hydrogens is 232 g/mol. The molecule has 13 heavy (non-hydrogen) atoms. The molecule has 1 N–H and O–H groups in total. The molecule has 1 aliphatic rings. The zero-order valence-electron chi connectivity index (χ0n) is 7.16. The first-order chi connectivity index (χ1) is 6.24. The van der Waals surface area contributed by atoms with E-state index in [0.717, 1.165) is 10.9 Å². The van der Waals surface area contributed by atoms with Crippen molar-refractivity contribution in [2.24, 2.45) is 0 Å². The van der Waals surface area contributed by atoms with E-state index in [1.165, 1.54) is 5.56 Å². The Labute approximate surface area is 85.7 Å². The van der Waals surface area contributed by atoms with Crippen LogP contribution in [0.2, 0.25) is 0 Å². The van der Waals surface area contributed by atoms with Crippen molar-refractivity contribution in [2.75, 3.05) is 13.2 Å². The first kappa shape index (κ1) is 9.19. The van der Waals surface area contributed by atoms with E-state index >= 15 is 0 Å². The summed E-state index contributed by atoms with van der Waals surface area (Å²) in [4.78, 5) is 0. The molecule has 0 radical (unpaired) electrons. The van der Waals surface area contributed by atoms with Gasteiger partial charge in [-0.25, -0.2) is 0 Å². The van der Waals surface area contributed by atoms with Crippen LogP contribution in [0.5, 0.6) is 0 Å². The average Bonchev–Trinajstić information content (AvgIpc) is 2.14. The lowest BCUT2D eigenvalue weighted by Gasteiger charge is -2.36. The Morgan fingerprint density at radius 2 is 2.23 bits per heavy atom. The fourth-order valence-electron chi connectivity index (χ4n) is 1.41. The van der Waals surface area contributed by atoms with Gasteiger partial charge in [0.15, 0.2) is 0 Å². The van der Waals surface area contributed by atoms with Crippen LogP contribution in [-0.2, 0) is 15.7 Å². The summed E-state index contributed by atoms with van der Waals surface area (Å²) in [7, 11) is 0. The van der Waals surface area contributed by atoms with Crippen LogP contribution in [0.4, 0.5) is 0 Å². The number of aliphatic hydroxyl groups is 1. The molecule has 2 rings (SSSR count). The third kappa shape index (κ3) is 1.64. The predicted molar refractivity (Wildman–Crippen MR) is 53.8 cm³/mol. The van der Waals surface area contributed by atoms with Crippen molar-refractivity contribution in [1.82, 2.24) is 0 Å². The third-order valence-corrected chi connectivity index (χ3v) is 2.95. The van der Waals surface area contributed by atoms with Gasteiger partial charge in [0.2, 0.25) is 0 Å². The van der Waals surface area contributed by atoms with Gasteiger partial charge >= 0.3 is 0 Å². The minimum Gasteiger partial charge on any atom is -0.380 e. The van der Waals surface area contributed by atoms with Crippen molar-refractivity contribution in [1.29, 1.82) is 0 Å². The highest BCUT2D eigenvalue weighted by Crippen LogP contribution is 2.29. The van der Waals surface area contributed by atoms with Gasteiger partial charge in [0.1, 0.15) is 5.60 Å². The van der Waals surface area contributed by atoms with E-state index in [1.807, 2.05) is 24.3 Å². The van der Waals surface area contributed by atoms with E-state index in [9.17, 15) is 5.11 Å². The zero-order chi connectivity index (χ0) is 9.31. The summed E-state index contributed by atoms with van der Waals surface area (Å²) in [6, 6.07) is 7.94. The molecule has 0 saturated carbocycles. The SMILES string of the molecule is OC1(c2cccc(CBr)c2)COC1. The molecule has 2 nitrogen and oxygen atoms in total. The molecule has 70 valence electrons. The fraction of sp³-hybridized carbons (Fsp3) is 0.400. The first-order valence-corrected chi connectivity index (χ1v) is 5.32. The molecular formula is C10H11BrO2. The van der Waals surface area contributed by atoms with E-state index in [0.29, 0.717) is 13.2 Å². The molecule has 0 aromatic heterocycles. The van der Waals surface area contributed by atoms with Gasteiger partial charge in [0.25, 0.3) is 0 Å². The highest BCUT2D eigenvalue weighted by molar-refractivity contribution is 9.08. The normalized spacial score (nSPS) is 19.5. The lowest BCUT2D eigenvalue weighted by Crippen LogP contribution is -2.46. The number of rotatable bonds is 2. The molecule has 0 spiro atoms. The number of benzene rings is 1. The summed E-state index contributed by atoms with van der Waals surface area (Å²) < 4.78 is 5.00. The molecule has 3 heteroatoms. The molecule has 1 saturated heterocycles. The first-order valence-electron chi connectivity index (χ1n) is 4.20. The molecule has 0 aliphatic carbocycles. The maximum absolute atomic E-state index is 9.96. The van der Waals surface area contributed by atoms with Gasteiger partial charge in [-0.1, -0.05) is 40.2 Å². The molecule has 0 amide bonds. The topological polar surface area (TPSA) is 29.5 Å². The van der Waals surface area contributed by atoms with Crippen molar-refractivity contribution in [3.05, 3.63) is 35.4 Å². The second-order valence-electron chi connectivity index (χ2n) is 3.36. The molecule has 1 aromatic carbocycles. The molecule has 1 fully saturated rings. The van der Waals surface area contributed by atoms with E-state index in [2.05, 4.69) is 15.9 Å². The van der Waals surface area contributed by atoms with Crippen LogP contribution >= 0.6 is 15.9 Å². The van der Waals surface area contributed by atoms with E-state index in [4.69, 9.17) is 4.74 Å². The highest BCUT2D eigenvalue weighted by Gasteiger charge is 2.37. The minimum atomic E-state index is -0.738. The molecule has 1 heterocycles. The highest BCUT2D eigenvalue weighted by atomic mass is 79.9. The van der Waals surface area contributed by atoms with Gasteiger partial charge in [-0.3, -0.25) is 0 Å². The van der Waals surface area contributed by atoms with Crippen LogP contribution in [0.15, 0.2) is 24.3 Å². The Balaban J connectivity index is 2.29. The summed E-state index contributed by atoms with van der Waals surface area (Å²) in [5.41, 5.74) is 1.39. The zero-order valence-corrected chi connectivity index (χ0v) is 8.75. The van der Waals surface area contributed by atoms with Crippen LogP contribution in [0.3, 0.4) is 0 Å². The Bertz CT molecular complexity index is 308. The standard InChI is InChI=1S/C10H11BrO2/c11-5-8-2-1-3-9(4-8)10(12)6-13-7-10/h1-4,12H,5-7H2. The summed E-state index contributed by atoms with van der Waals surface area (Å²) in [5, 5.41) is 10.8. The van der Waals surface area contributed by atoms with Crippen molar-refractivity contribution in [3.63, 3.8) is 0 Å². The number of ether oxygens (including phenoxy) is 1. The van der Waals surface area contributed by atoms with E-state index < -0.39 is 5.60 Å². The van der Waals surface area contributed by atoms with Gasteiger partial charge < -0.3 is 9.84 Å². The van der Waals surface area contributed by atoms with Gasteiger partial charge in [0.05, 0.1) is 13.2 Å². The van der Waals surface area contributed by atoms with Gasteiger partial charge in [0, 0.05) is 5.33 Å². The van der Waals surface area contributed by atoms with Crippen LogP contribution < -0.4 is 0 Å². The van der Waals surface area contributed by atoms with Gasteiger partial charge in [-0.15, -0.1) is 0 Å². The van der Waals surface area contributed by atoms with Crippen LogP contribution in [0.1, 0.15) is 11.1 Å². The van der Waals surface area contributed by atoms with Crippen molar-refractivity contribution in [3.8, 4) is 0 Å². The fourth-order valence-corrected chi connectivity index (χ4v) is 1.75. The lowest BCUT2D eigenvalue weighted by atomic mass is 9.91. The number of halogens is 1. The molecule has 0 bridgehead atoms. The quantitative estimate of drug-likeness (QED) is 0.802. The predicted octanol–water partition coefficient (Wildman–Crippen LogP) is 1.80. The smallest absolute Gasteiger partial charge is 0.136 e. The second kappa shape index (κ2) is 3.40. The van der Waals surface area contributed by atoms with E-state index in [-0.39, 0.29) is 0 Å². The second-order valence-corrected chi connectivity index (χ2v) is 3.92. The van der Waals surface area contributed by atoms with Crippen LogP contribution in [-0.4, -0.2) is 18.3 Å². The van der Waals surface area contributed by atoms with Crippen molar-refractivity contribution >= 4 is 15.9 Å². The maximum atomic E-state index is 9.96. The summed E-state index contributed by atoms with van der Waals surface area (Å²) in [6.07, 6.45) is 0. The van der Waals surface area contributed by atoms with Crippen molar-refractivity contribution < 1.29 is 9.84 Å². The lowest BCUT2D eigenvalue weighted by molar-refractivity contribution is -0.184. The number of hydrogen-bond acceptors (Lipinski definition) is 2. The Morgan fingerprint density at radius 1 is 1.46 bits per heavy atom. The summed E-state index contributed by atoms with van der Waals surface area (Å²) >= 11 is 3.39. The average molecular weight is 243 g/mol. The molecule has 0 unspecified atom stereocenters. The number of hydrogen-bond donors (Lipinski definition) is 1. The maximum Gasteiger partial charge on any atom is 0.136 e. The molecule has 1 aliphatic heterocycles. The third-order valence-electron chi connectivity index (χ3n) is 2.30. The van der Waals surface area contributed by atoms with Crippen molar-refractivity contribution in [2.45, 2.75) is 10.9 Å². The van der Waals surface area contributed by atoms with Gasteiger partial charge in [-0.05, 0) is 11.1 Å². The Morgan fingerprint density at radius 3 is 2.77 bits per heavy atom. The van der Waals surface area contributed by atoms with Crippen LogP contribution in [0, 0.1) is 0 Å².